The van der Waals surface area contributed by atoms with E-state index in [1.54, 1.807) is 0 Å². The number of aliphatic hydroxyl groups excluding tert-OH is 1. The minimum absolute atomic E-state index is 0.235. The van der Waals surface area contributed by atoms with Crippen molar-refractivity contribution in [2.24, 2.45) is 0 Å². The van der Waals surface area contributed by atoms with Gasteiger partial charge in [-0.3, -0.25) is 4.98 Å². The normalized spacial score (nSPS) is 18.7. The van der Waals surface area contributed by atoms with Gasteiger partial charge in [-0.15, -0.1) is 0 Å². The lowest BCUT2D eigenvalue weighted by molar-refractivity contribution is -0.0136. The van der Waals surface area contributed by atoms with Gasteiger partial charge in [-0.1, -0.05) is 33.8 Å². The molecule has 3 aromatic rings. The molecule has 182 valence electrons. The summed E-state index contributed by atoms with van der Waals surface area (Å²) >= 11 is 0. The molecular weight excluding hydrogens is 433 g/mol. The lowest BCUT2D eigenvalue weighted by atomic mass is 9.89. The van der Waals surface area contributed by atoms with Crippen molar-refractivity contribution in [1.29, 1.82) is 0 Å². The summed E-state index contributed by atoms with van der Waals surface area (Å²) in [6, 6.07) is 3.93. The van der Waals surface area contributed by atoms with E-state index in [1.165, 1.54) is 11.8 Å². The summed E-state index contributed by atoms with van der Waals surface area (Å²) in [6.45, 7) is 12.1. The Balaban J connectivity index is 1.78. The van der Waals surface area contributed by atoms with Crippen LogP contribution in [0, 0.1) is 12.7 Å². The van der Waals surface area contributed by atoms with E-state index in [0.717, 1.165) is 28.6 Å². The number of hydrogen-bond donors (Lipinski definition) is 3. The number of aryl methyl sites for hydroxylation is 1. The highest BCUT2D eigenvalue weighted by molar-refractivity contribution is 5.92. The molecule has 1 aliphatic rings. The number of hydrogen-bond acceptors (Lipinski definition) is 7. The fourth-order valence-corrected chi connectivity index (χ4v) is 4.58. The molecule has 8 heteroatoms. The molecule has 1 aromatic carbocycles. The van der Waals surface area contributed by atoms with Crippen LogP contribution in [0.3, 0.4) is 0 Å². The maximum Gasteiger partial charge on any atom is 0.223 e. The van der Waals surface area contributed by atoms with Crippen LogP contribution in [0.5, 0.6) is 0 Å². The van der Waals surface area contributed by atoms with Crippen LogP contribution in [0.15, 0.2) is 24.5 Å². The number of benzene rings is 1. The van der Waals surface area contributed by atoms with E-state index in [0.29, 0.717) is 30.6 Å². The smallest absolute Gasteiger partial charge is 0.223 e. The third kappa shape index (κ3) is 5.04. The van der Waals surface area contributed by atoms with E-state index in [1.807, 2.05) is 25.3 Å². The van der Waals surface area contributed by atoms with Crippen LogP contribution in [0.2, 0.25) is 0 Å². The second-order valence-electron chi connectivity index (χ2n) is 9.59. The quantitative estimate of drug-likeness (QED) is 0.476. The van der Waals surface area contributed by atoms with Gasteiger partial charge in [-0.05, 0) is 42.0 Å². The molecule has 2 aromatic heterocycles. The van der Waals surface area contributed by atoms with Crippen molar-refractivity contribution < 1.29 is 14.2 Å². The minimum atomic E-state index is -0.661. The summed E-state index contributed by atoms with van der Waals surface area (Å²) < 4.78 is 20.3. The average Bonchev–Trinajstić information content (AvgIpc) is 2.80. The molecule has 0 amide bonds. The van der Waals surface area contributed by atoms with Crippen molar-refractivity contribution in [3.63, 3.8) is 0 Å². The molecule has 1 aliphatic heterocycles. The van der Waals surface area contributed by atoms with Crippen LogP contribution >= 0.6 is 0 Å². The first-order chi connectivity index (χ1) is 16.3. The molecule has 0 aliphatic carbocycles. The summed E-state index contributed by atoms with van der Waals surface area (Å²) in [7, 11) is 0. The van der Waals surface area contributed by atoms with E-state index in [4.69, 9.17) is 9.72 Å². The van der Waals surface area contributed by atoms with Crippen molar-refractivity contribution in [1.82, 2.24) is 20.3 Å². The molecule has 3 N–H and O–H groups in total. The Hall–Kier alpha value is -2.68. The number of rotatable bonds is 7. The molecule has 2 atom stereocenters. The molecule has 34 heavy (non-hydrogen) atoms. The number of ether oxygens (including phenoxy) is 1. The van der Waals surface area contributed by atoms with E-state index >= 15 is 0 Å². The topological polar surface area (TPSA) is 92.2 Å². The van der Waals surface area contributed by atoms with Crippen molar-refractivity contribution in [2.45, 2.75) is 71.7 Å². The van der Waals surface area contributed by atoms with Gasteiger partial charge in [0.15, 0.2) is 5.82 Å². The highest BCUT2D eigenvalue weighted by atomic mass is 19.1. The van der Waals surface area contributed by atoms with Gasteiger partial charge in [0, 0.05) is 36.3 Å². The van der Waals surface area contributed by atoms with Crippen LogP contribution < -0.4 is 10.6 Å². The maximum absolute atomic E-state index is 15.0. The monoisotopic (exact) mass is 467 g/mol. The number of fused-ring (bicyclic) bond motifs is 1. The number of aliphatic hydroxyl groups is 1. The zero-order valence-electron chi connectivity index (χ0n) is 20.5. The lowest BCUT2D eigenvalue weighted by Gasteiger charge is -2.28. The van der Waals surface area contributed by atoms with Crippen molar-refractivity contribution in [2.75, 3.05) is 18.5 Å². The van der Waals surface area contributed by atoms with Gasteiger partial charge in [0.1, 0.15) is 5.69 Å². The number of nitrogens with zero attached hydrogens (tertiary/aromatic N) is 3. The number of halogens is 1. The summed E-state index contributed by atoms with van der Waals surface area (Å²) in [5.41, 5.74) is 5.14. The van der Waals surface area contributed by atoms with Crippen molar-refractivity contribution in [3.05, 3.63) is 47.0 Å². The molecule has 1 fully saturated rings. The second-order valence-corrected chi connectivity index (χ2v) is 9.59. The SMILES string of the molecule is Cc1c(-c2nc(N[C@@H]3CCOC[C@H]3O)ncc2F)ccc2ncc(CNC(C)C)c(C(C)C)c12. The van der Waals surface area contributed by atoms with Crippen molar-refractivity contribution in [3.8, 4) is 11.3 Å². The Morgan fingerprint density at radius 1 is 1.18 bits per heavy atom. The van der Waals surface area contributed by atoms with Crippen LogP contribution in [-0.4, -0.2) is 51.5 Å². The van der Waals surface area contributed by atoms with Crippen LogP contribution in [0.1, 0.15) is 56.7 Å². The van der Waals surface area contributed by atoms with Gasteiger partial charge >= 0.3 is 0 Å². The van der Waals surface area contributed by atoms with E-state index in [9.17, 15) is 9.50 Å². The fourth-order valence-electron chi connectivity index (χ4n) is 4.58. The summed E-state index contributed by atoms with van der Waals surface area (Å²) in [5.74, 6) is 0.0713. The Bertz CT molecular complexity index is 1170. The molecule has 0 spiro atoms. The Morgan fingerprint density at radius 3 is 2.68 bits per heavy atom. The Labute approximate surface area is 200 Å². The van der Waals surface area contributed by atoms with Crippen LogP contribution in [0.25, 0.3) is 22.2 Å². The number of pyridine rings is 1. The molecule has 0 radical (unpaired) electrons. The maximum atomic E-state index is 15.0. The van der Waals surface area contributed by atoms with E-state index < -0.39 is 11.9 Å². The lowest BCUT2D eigenvalue weighted by Crippen LogP contribution is -2.42. The molecule has 1 saturated heterocycles. The summed E-state index contributed by atoms with van der Waals surface area (Å²) in [5, 5.41) is 17.9. The van der Waals surface area contributed by atoms with Gasteiger partial charge in [-0.25, -0.2) is 14.4 Å². The zero-order valence-corrected chi connectivity index (χ0v) is 20.5. The highest BCUT2D eigenvalue weighted by Crippen LogP contribution is 2.36. The molecule has 0 bridgehead atoms. The van der Waals surface area contributed by atoms with Gasteiger partial charge in [-0.2, -0.15) is 0 Å². The molecule has 4 rings (SSSR count). The van der Waals surface area contributed by atoms with Crippen molar-refractivity contribution >= 4 is 16.9 Å². The van der Waals surface area contributed by atoms with Crippen LogP contribution in [-0.2, 0) is 11.3 Å². The predicted molar refractivity (Wildman–Crippen MR) is 132 cm³/mol. The van der Waals surface area contributed by atoms with Gasteiger partial charge in [0.25, 0.3) is 0 Å². The first-order valence-corrected chi connectivity index (χ1v) is 12.0. The third-order valence-corrected chi connectivity index (χ3v) is 6.34. The number of aromatic nitrogens is 3. The highest BCUT2D eigenvalue weighted by Gasteiger charge is 2.25. The first-order valence-electron chi connectivity index (χ1n) is 12.0. The van der Waals surface area contributed by atoms with Gasteiger partial charge in [0.05, 0.1) is 30.5 Å². The molecular formula is C26H34FN5O2. The summed E-state index contributed by atoms with van der Waals surface area (Å²) in [4.78, 5) is 13.3. The summed E-state index contributed by atoms with van der Waals surface area (Å²) in [6.07, 6.45) is 3.09. The van der Waals surface area contributed by atoms with E-state index in [-0.39, 0.29) is 24.3 Å². The van der Waals surface area contributed by atoms with Gasteiger partial charge < -0.3 is 20.5 Å². The van der Waals surface area contributed by atoms with Crippen LogP contribution in [0.4, 0.5) is 10.3 Å². The number of nitrogens with one attached hydrogen (secondary N) is 2. The largest absolute Gasteiger partial charge is 0.389 e. The molecule has 0 unspecified atom stereocenters. The van der Waals surface area contributed by atoms with E-state index in [2.05, 4.69) is 48.3 Å². The molecule has 3 heterocycles. The molecule has 7 nitrogen and oxygen atoms in total. The van der Waals surface area contributed by atoms with Gasteiger partial charge in [0.2, 0.25) is 5.95 Å². The molecule has 0 saturated carbocycles. The third-order valence-electron chi connectivity index (χ3n) is 6.34. The first kappa shape index (κ1) is 24.4. The Morgan fingerprint density at radius 2 is 1.97 bits per heavy atom. The fraction of sp³-hybridized carbons (Fsp3) is 0.500. The standard InChI is InChI=1S/C26H34FN5O2/c1-14(2)23-17(10-28-15(3)4)11-29-21-7-6-18(16(5)24(21)23)25-19(27)12-30-26(32-25)31-20-8-9-34-13-22(20)33/h6-7,11-12,14-15,20,22,28,33H,8-10,13H2,1-5H3,(H,30,31,32)/t20-,22-/m1/s1. The second kappa shape index (κ2) is 10.3. The number of anilines is 1. The zero-order chi connectivity index (χ0) is 24.4. The predicted octanol–water partition coefficient (Wildman–Crippen LogP) is 4.32. The average molecular weight is 468 g/mol. The minimum Gasteiger partial charge on any atom is -0.389 e. The Kier molecular flexibility index (Phi) is 7.40.